The molecule has 3 unspecified atom stereocenters. The average Bonchev–Trinajstić information content (AvgIpc) is 2.45. The number of rotatable bonds is 2. The Morgan fingerprint density at radius 3 is 3.11 bits per heavy atom. The molecule has 2 fully saturated rings. The molecule has 1 nitrogen and oxygen atoms in total. The van der Waals surface area contributed by atoms with Crippen molar-refractivity contribution < 1.29 is 0 Å². The maximum Gasteiger partial charge on any atom is 0.0120 e. The van der Waals surface area contributed by atoms with Crippen molar-refractivity contribution in [1.82, 2.24) is 0 Å². The summed E-state index contributed by atoms with van der Waals surface area (Å²) in [6.07, 6.45) is 11.6. The van der Waals surface area contributed by atoms with Gasteiger partial charge in [0.15, 0.2) is 0 Å². The van der Waals surface area contributed by atoms with Crippen LogP contribution < -0.4 is 5.73 Å². The molecule has 2 N–H and O–H groups in total. The first kappa shape index (κ1) is 12.0. The molecule has 0 bridgehead atoms. The number of fused-ring (bicyclic) bond motifs is 3. The fourth-order valence-electron chi connectivity index (χ4n) is 4.44. The van der Waals surface area contributed by atoms with Gasteiger partial charge in [0.05, 0.1) is 0 Å². The molecule has 4 atom stereocenters. The summed E-state index contributed by atoms with van der Waals surface area (Å²) >= 11 is 0. The summed E-state index contributed by atoms with van der Waals surface area (Å²) in [5.41, 5.74) is 12.8. The van der Waals surface area contributed by atoms with Crippen LogP contribution in [-0.2, 0) is 0 Å². The Bertz CT molecular complexity index is 452. The van der Waals surface area contributed by atoms with Gasteiger partial charge in [-0.1, -0.05) is 24.3 Å². The van der Waals surface area contributed by atoms with Crippen LogP contribution in [0.4, 0.5) is 0 Å². The Labute approximate surface area is 110 Å². The maximum absolute atomic E-state index is 6.15. The molecule has 0 spiro atoms. The third-order valence-corrected chi connectivity index (χ3v) is 5.33. The van der Waals surface area contributed by atoms with Gasteiger partial charge in [0.1, 0.15) is 0 Å². The van der Waals surface area contributed by atoms with Crippen LogP contribution in [0.2, 0.25) is 0 Å². The Morgan fingerprint density at radius 1 is 1.56 bits per heavy atom. The molecular weight excluding hydrogens is 218 g/mol. The molecule has 2 saturated carbocycles. The first-order valence-corrected chi connectivity index (χ1v) is 7.16. The van der Waals surface area contributed by atoms with Crippen molar-refractivity contribution in [1.29, 1.82) is 0 Å². The van der Waals surface area contributed by atoms with Crippen LogP contribution in [0.5, 0.6) is 0 Å². The molecule has 3 aliphatic carbocycles. The number of allylic oxidation sites excluding steroid dienone is 3. The van der Waals surface area contributed by atoms with Crippen LogP contribution in [0.1, 0.15) is 38.5 Å². The summed E-state index contributed by atoms with van der Waals surface area (Å²) in [4.78, 5) is 0. The zero-order chi connectivity index (χ0) is 12.8. The van der Waals surface area contributed by atoms with Crippen LogP contribution in [0.15, 0.2) is 42.2 Å². The van der Waals surface area contributed by atoms with Crippen LogP contribution in [0, 0.1) is 17.3 Å². The molecule has 1 heteroatoms. The Balaban J connectivity index is 2.00. The number of hydrogen-bond donors (Lipinski definition) is 1. The van der Waals surface area contributed by atoms with Crippen LogP contribution in [0.25, 0.3) is 0 Å². The van der Waals surface area contributed by atoms with Crippen molar-refractivity contribution in [3.8, 4) is 0 Å². The molecule has 0 amide bonds. The summed E-state index contributed by atoms with van der Waals surface area (Å²) in [5.74, 6) is 1.49. The summed E-state index contributed by atoms with van der Waals surface area (Å²) in [6, 6.07) is 0.347. The van der Waals surface area contributed by atoms with E-state index in [1.807, 2.05) is 0 Å². The quantitative estimate of drug-likeness (QED) is 0.578. The third-order valence-electron chi connectivity index (χ3n) is 5.33. The molecule has 0 heterocycles. The molecule has 0 aliphatic heterocycles. The highest BCUT2D eigenvalue weighted by Crippen LogP contribution is 2.64. The van der Waals surface area contributed by atoms with Gasteiger partial charge in [-0.2, -0.15) is 0 Å². The molecule has 0 saturated heterocycles. The van der Waals surface area contributed by atoms with Crippen LogP contribution in [0.3, 0.4) is 0 Å². The second-order valence-electron chi connectivity index (χ2n) is 6.32. The zero-order valence-corrected chi connectivity index (χ0v) is 11.1. The second-order valence-corrected chi connectivity index (χ2v) is 6.32. The van der Waals surface area contributed by atoms with Gasteiger partial charge in [0, 0.05) is 12.0 Å². The van der Waals surface area contributed by atoms with E-state index in [9.17, 15) is 0 Å². The SMILES string of the molecule is C=C=C1CC2C[C@@]3(CC=C)CCC(N)CC=C3C12. The standard InChI is InChI=1S/C17H23N/c1-3-8-17-9-7-14(18)5-6-15(17)16-12(4-2)10-13(16)11-17/h3,6,13-14,16H,1-2,5,7-11,18H2/t13?,14?,16?,17-/m1/s1. The topological polar surface area (TPSA) is 26.0 Å². The van der Waals surface area contributed by atoms with Crippen molar-refractivity contribution in [2.45, 2.75) is 44.6 Å². The number of nitrogens with two attached hydrogens (primary N) is 1. The normalized spacial score (nSPS) is 41.9. The minimum Gasteiger partial charge on any atom is -0.327 e. The van der Waals surface area contributed by atoms with E-state index < -0.39 is 0 Å². The third kappa shape index (κ3) is 1.58. The van der Waals surface area contributed by atoms with Gasteiger partial charge in [0.2, 0.25) is 0 Å². The molecule has 0 radical (unpaired) electrons. The Kier molecular flexibility index (Phi) is 2.84. The zero-order valence-electron chi connectivity index (χ0n) is 11.1. The Hall–Kier alpha value is -1.04. The monoisotopic (exact) mass is 241 g/mol. The summed E-state index contributed by atoms with van der Waals surface area (Å²) in [6.45, 7) is 7.83. The minimum atomic E-state index is 0.347. The van der Waals surface area contributed by atoms with E-state index >= 15 is 0 Å². The molecule has 0 aromatic heterocycles. The minimum absolute atomic E-state index is 0.347. The summed E-state index contributed by atoms with van der Waals surface area (Å²) < 4.78 is 0. The van der Waals surface area contributed by atoms with E-state index in [0.717, 1.165) is 25.2 Å². The van der Waals surface area contributed by atoms with Gasteiger partial charge in [-0.15, -0.1) is 12.3 Å². The molecule has 0 aromatic rings. The summed E-state index contributed by atoms with van der Waals surface area (Å²) in [7, 11) is 0. The predicted octanol–water partition coefficient (Wildman–Crippen LogP) is 3.74. The van der Waals surface area contributed by atoms with E-state index in [1.165, 1.54) is 24.8 Å². The lowest BCUT2D eigenvalue weighted by Gasteiger charge is -2.34. The predicted molar refractivity (Wildman–Crippen MR) is 76.0 cm³/mol. The van der Waals surface area contributed by atoms with E-state index in [4.69, 9.17) is 5.73 Å². The fourth-order valence-corrected chi connectivity index (χ4v) is 4.44. The molecular formula is C17H23N. The van der Waals surface area contributed by atoms with Gasteiger partial charge < -0.3 is 5.73 Å². The highest BCUT2D eigenvalue weighted by atomic mass is 14.7. The highest BCUT2D eigenvalue weighted by Gasteiger charge is 2.54. The van der Waals surface area contributed by atoms with Crippen LogP contribution in [-0.4, -0.2) is 6.04 Å². The van der Waals surface area contributed by atoms with E-state index in [0.29, 0.717) is 17.4 Å². The molecule has 3 rings (SSSR count). The van der Waals surface area contributed by atoms with Gasteiger partial charge >= 0.3 is 0 Å². The second kappa shape index (κ2) is 4.26. The van der Waals surface area contributed by atoms with Gasteiger partial charge in [-0.05, 0) is 55.4 Å². The van der Waals surface area contributed by atoms with E-state index in [1.54, 1.807) is 5.57 Å². The first-order chi connectivity index (χ1) is 8.70. The molecule has 0 aromatic carbocycles. The largest absolute Gasteiger partial charge is 0.327 e. The van der Waals surface area contributed by atoms with Crippen molar-refractivity contribution in [2.24, 2.45) is 23.0 Å². The molecule has 96 valence electrons. The van der Waals surface area contributed by atoms with Gasteiger partial charge in [-0.25, -0.2) is 0 Å². The average molecular weight is 241 g/mol. The van der Waals surface area contributed by atoms with Crippen LogP contribution >= 0.6 is 0 Å². The lowest BCUT2D eigenvalue weighted by molar-refractivity contribution is 0.280. The van der Waals surface area contributed by atoms with Crippen molar-refractivity contribution in [2.75, 3.05) is 0 Å². The van der Waals surface area contributed by atoms with E-state index in [-0.39, 0.29) is 0 Å². The Morgan fingerprint density at radius 2 is 2.39 bits per heavy atom. The summed E-state index contributed by atoms with van der Waals surface area (Å²) in [5, 5.41) is 0. The number of hydrogen-bond acceptors (Lipinski definition) is 1. The smallest absolute Gasteiger partial charge is 0.0120 e. The molecule has 3 aliphatic rings. The van der Waals surface area contributed by atoms with Crippen molar-refractivity contribution in [3.63, 3.8) is 0 Å². The van der Waals surface area contributed by atoms with Gasteiger partial charge in [-0.3, -0.25) is 0 Å². The van der Waals surface area contributed by atoms with Crippen molar-refractivity contribution >= 4 is 0 Å². The fraction of sp³-hybridized carbons (Fsp3) is 0.588. The maximum atomic E-state index is 6.15. The lowest BCUT2D eigenvalue weighted by atomic mass is 9.70. The first-order valence-electron chi connectivity index (χ1n) is 7.16. The van der Waals surface area contributed by atoms with E-state index in [2.05, 4.69) is 31.0 Å². The van der Waals surface area contributed by atoms with Gasteiger partial charge in [0.25, 0.3) is 0 Å². The van der Waals surface area contributed by atoms with Crippen molar-refractivity contribution in [3.05, 3.63) is 42.2 Å². The molecule has 18 heavy (non-hydrogen) atoms. The lowest BCUT2D eigenvalue weighted by Crippen LogP contribution is -2.24. The highest BCUT2D eigenvalue weighted by molar-refractivity contribution is 5.40.